The van der Waals surface area contributed by atoms with Crippen LogP contribution in [0, 0.1) is 24.5 Å². The zero-order chi connectivity index (χ0) is 13.9. The first-order valence-corrected chi connectivity index (χ1v) is 5.87. The fourth-order valence-corrected chi connectivity index (χ4v) is 2.06. The van der Waals surface area contributed by atoms with E-state index in [1.807, 2.05) is 13.8 Å². The van der Waals surface area contributed by atoms with Crippen molar-refractivity contribution >= 4 is 0 Å². The van der Waals surface area contributed by atoms with Crippen LogP contribution < -0.4 is 11.3 Å². The molecule has 0 fully saturated rings. The Hall–Kier alpha value is -1.04. The lowest BCUT2D eigenvalue weighted by Gasteiger charge is -2.29. The summed E-state index contributed by atoms with van der Waals surface area (Å²) in [5.74, 6) is 3.85. The summed E-state index contributed by atoms with van der Waals surface area (Å²) in [7, 11) is 1.53. The fourth-order valence-electron chi connectivity index (χ4n) is 2.06. The van der Waals surface area contributed by atoms with Gasteiger partial charge >= 0.3 is 0 Å². The fraction of sp³-hybridized carbons (Fsp3) is 0.538. The average Bonchev–Trinajstić information content (AvgIpc) is 2.33. The summed E-state index contributed by atoms with van der Waals surface area (Å²) in [6.07, 6.45) is -0.341. The molecule has 0 aromatic heterocycles. The second-order valence-electron chi connectivity index (χ2n) is 4.69. The van der Waals surface area contributed by atoms with E-state index in [0.717, 1.165) is 0 Å². The van der Waals surface area contributed by atoms with Crippen molar-refractivity contribution in [2.75, 3.05) is 7.11 Å². The summed E-state index contributed by atoms with van der Waals surface area (Å²) in [6.45, 7) is 5.38. The maximum atomic E-state index is 13.9. The molecule has 0 aliphatic carbocycles. The number of methoxy groups -OCH3 is 1. The van der Waals surface area contributed by atoms with Gasteiger partial charge in [-0.25, -0.2) is 8.78 Å². The number of nitrogens with two attached hydrogens (primary N) is 1. The topological polar surface area (TPSA) is 47.3 Å². The summed E-state index contributed by atoms with van der Waals surface area (Å²) < 4.78 is 32.8. The summed E-state index contributed by atoms with van der Waals surface area (Å²) in [4.78, 5) is 0. The molecule has 0 amide bonds. The number of rotatable bonds is 5. The van der Waals surface area contributed by atoms with Gasteiger partial charge in [0.15, 0.2) is 11.6 Å². The van der Waals surface area contributed by atoms with Gasteiger partial charge in [-0.2, -0.15) is 0 Å². The highest BCUT2D eigenvalue weighted by Crippen LogP contribution is 2.27. The SMILES string of the molecule is COC(C(C)C)C(NN)c1ccc(C)c(F)c1F. The Morgan fingerprint density at radius 2 is 1.83 bits per heavy atom. The quantitative estimate of drug-likeness (QED) is 0.630. The number of ether oxygens (including phenoxy) is 1. The molecule has 1 aromatic carbocycles. The number of hydrogen-bond donors (Lipinski definition) is 2. The van der Waals surface area contributed by atoms with Gasteiger partial charge in [-0.3, -0.25) is 11.3 Å². The van der Waals surface area contributed by atoms with Crippen LogP contribution in [0.3, 0.4) is 0 Å². The van der Waals surface area contributed by atoms with E-state index < -0.39 is 17.7 Å². The third-order valence-corrected chi connectivity index (χ3v) is 3.08. The van der Waals surface area contributed by atoms with Gasteiger partial charge in [-0.1, -0.05) is 26.0 Å². The van der Waals surface area contributed by atoms with Crippen LogP contribution in [0.4, 0.5) is 8.78 Å². The Kier molecular flexibility index (Phi) is 5.19. The first kappa shape index (κ1) is 15.0. The van der Waals surface area contributed by atoms with Crippen LogP contribution >= 0.6 is 0 Å². The Bertz CT molecular complexity index is 410. The molecule has 3 nitrogen and oxygen atoms in total. The molecule has 3 N–H and O–H groups in total. The van der Waals surface area contributed by atoms with E-state index >= 15 is 0 Å². The van der Waals surface area contributed by atoms with Gasteiger partial charge in [-0.05, 0) is 18.4 Å². The minimum atomic E-state index is -0.874. The van der Waals surface area contributed by atoms with Crippen LogP contribution in [0.15, 0.2) is 12.1 Å². The largest absolute Gasteiger partial charge is 0.379 e. The Labute approximate surface area is 106 Å². The van der Waals surface area contributed by atoms with Gasteiger partial charge < -0.3 is 4.74 Å². The van der Waals surface area contributed by atoms with E-state index in [2.05, 4.69) is 5.43 Å². The molecule has 0 aliphatic rings. The van der Waals surface area contributed by atoms with Crippen molar-refractivity contribution in [3.8, 4) is 0 Å². The molecule has 0 radical (unpaired) electrons. The molecular weight excluding hydrogens is 238 g/mol. The van der Waals surface area contributed by atoms with Crippen LogP contribution in [0.25, 0.3) is 0 Å². The van der Waals surface area contributed by atoms with Crippen LogP contribution in [-0.4, -0.2) is 13.2 Å². The van der Waals surface area contributed by atoms with Gasteiger partial charge in [0.05, 0.1) is 12.1 Å². The van der Waals surface area contributed by atoms with Gasteiger partial charge in [0.1, 0.15) is 0 Å². The van der Waals surface area contributed by atoms with E-state index in [9.17, 15) is 8.78 Å². The Balaban J connectivity index is 3.20. The molecule has 0 bridgehead atoms. The van der Waals surface area contributed by atoms with Gasteiger partial charge in [0, 0.05) is 12.7 Å². The van der Waals surface area contributed by atoms with Crippen molar-refractivity contribution in [2.45, 2.75) is 32.9 Å². The Morgan fingerprint density at radius 3 is 2.28 bits per heavy atom. The van der Waals surface area contributed by atoms with E-state index in [1.54, 1.807) is 0 Å². The van der Waals surface area contributed by atoms with E-state index in [1.165, 1.54) is 26.2 Å². The molecule has 0 aliphatic heterocycles. The van der Waals surface area contributed by atoms with Crippen molar-refractivity contribution in [1.82, 2.24) is 5.43 Å². The van der Waals surface area contributed by atoms with E-state index in [-0.39, 0.29) is 23.1 Å². The van der Waals surface area contributed by atoms with Crippen LogP contribution in [-0.2, 0) is 4.74 Å². The third-order valence-electron chi connectivity index (χ3n) is 3.08. The number of aryl methyl sites for hydroxylation is 1. The monoisotopic (exact) mass is 258 g/mol. The standard InChI is InChI=1S/C13H20F2N2O/c1-7(2)13(18-4)12(17-16)9-6-5-8(3)10(14)11(9)15/h5-7,12-13,17H,16H2,1-4H3. The molecule has 0 spiro atoms. The second-order valence-corrected chi connectivity index (χ2v) is 4.69. The lowest BCUT2D eigenvalue weighted by molar-refractivity contribution is 0.0314. The van der Waals surface area contributed by atoms with Gasteiger partial charge in [0.2, 0.25) is 0 Å². The summed E-state index contributed by atoms with van der Waals surface area (Å²) >= 11 is 0. The van der Waals surface area contributed by atoms with Crippen LogP contribution in [0.5, 0.6) is 0 Å². The number of benzene rings is 1. The molecule has 5 heteroatoms. The lowest BCUT2D eigenvalue weighted by Crippen LogP contribution is -2.40. The van der Waals surface area contributed by atoms with Gasteiger partial charge in [-0.15, -0.1) is 0 Å². The average molecular weight is 258 g/mol. The zero-order valence-electron chi connectivity index (χ0n) is 11.1. The smallest absolute Gasteiger partial charge is 0.164 e. The zero-order valence-corrected chi connectivity index (χ0v) is 11.1. The number of hydrazine groups is 1. The highest BCUT2D eigenvalue weighted by Gasteiger charge is 2.28. The first-order chi connectivity index (χ1) is 8.43. The molecule has 2 atom stereocenters. The van der Waals surface area contributed by atoms with E-state index in [0.29, 0.717) is 0 Å². The van der Waals surface area contributed by atoms with Crippen molar-refractivity contribution in [3.63, 3.8) is 0 Å². The summed E-state index contributed by atoms with van der Waals surface area (Å²) in [5.41, 5.74) is 2.96. The van der Waals surface area contributed by atoms with Crippen molar-refractivity contribution in [2.24, 2.45) is 11.8 Å². The minimum absolute atomic E-state index is 0.111. The molecule has 102 valence electrons. The number of nitrogens with one attached hydrogen (secondary N) is 1. The second kappa shape index (κ2) is 6.22. The van der Waals surface area contributed by atoms with E-state index in [4.69, 9.17) is 10.6 Å². The number of halogens is 2. The highest BCUT2D eigenvalue weighted by atomic mass is 19.2. The molecule has 0 saturated carbocycles. The lowest BCUT2D eigenvalue weighted by atomic mass is 9.93. The van der Waals surface area contributed by atoms with Crippen molar-refractivity contribution < 1.29 is 13.5 Å². The van der Waals surface area contributed by atoms with Crippen molar-refractivity contribution in [3.05, 3.63) is 34.9 Å². The minimum Gasteiger partial charge on any atom is -0.379 e. The van der Waals surface area contributed by atoms with Gasteiger partial charge in [0.25, 0.3) is 0 Å². The normalized spacial score (nSPS) is 14.9. The van der Waals surface area contributed by atoms with Crippen LogP contribution in [0.1, 0.15) is 31.0 Å². The first-order valence-electron chi connectivity index (χ1n) is 5.87. The predicted octanol–water partition coefficient (Wildman–Crippen LogP) is 2.45. The predicted molar refractivity (Wildman–Crippen MR) is 66.8 cm³/mol. The van der Waals surface area contributed by atoms with Crippen LogP contribution in [0.2, 0.25) is 0 Å². The molecule has 2 unspecified atom stereocenters. The Morgan fingerprint density at radius 1 is 1.22 bits per heavy atom. The maximum Gasteiger partial charge on any atom is 0.164 e. The summed E-state index contributed by atoms with van der Waals surface area (Å²) in [6, 6.07) is 2.47. The molecule has 0 heterocycles. The number of hydrogen-bond acceptors (Lipinski definition) is 3. The molecule has 0 saturated heterocycles. The van der Waals surface area contributed by atoms with Crippen molar-refractivity contribution in [1.29, 1.82) is 0 Å². The third kappa shape index (κ3) is 2.85. The summed E-state index contributed by atoms with van der Waals surface area (Å²) in [5, 5.41) is 0. The molecule has 1 rings (SSSR count). The maximum absolute atomic E-state index is 13.9. The molecule has 18 heavy (non-hydrogen) atoms. The molecular formula is C13H20F2N2O. The molecule has 1 aromatic rings. The highest BCUT2D eigenvalue weighted by molar-refractivity contribution is 5.28.